The average molecular weight is 549 g/mol. The minimum Gasteiger partial charge on any atom is -0.308 e. The van der Waals surface area contributed by atoms with E-state index in [2.05, 4.69) is 4.72 Å². The minimum atomic E-state index is -3.95. The van der Waals surface area contributed by atoms with Crippen LogP contribution < -0.4 is 9.62 Å². The van der Waals surface area contributed by atoms with Crippen molar-refractivity contribution in [1.82, 2.24) is 4.72 Å². The van der Waals surface area contributed by atoms with Crippen molar-refractivity contribution in [3.05, 3.63) is 88.5 Å². The molecule has 11 heteroatoms. The maximum atomic E-state index is 15.1. The summed E-state index contributed by atoms with van der Waals surface area (Å²) in [6.45, 7) is 0.114. The molecule has 3 aromatic carbocycles. The summed E-state index contributed by atoms with van der Waals surface area (Å²) in [5.41, 5.74) is 1.28. The molecule has 0 saturated carbocycles. The molecule has 1 amide bonds. The van der Waals surface area contributed by atoms with Gasteiger partial charge in [0.15, 0.2) is 9.84 Å². The first-order valence-electron chi connectivity index (χ1n) is 10.8. The molecule has 7 nitrogen and oxygen atoms in total. The summed E-state index contributed by atoms with van der Waals surface area (Å²) in [5, 5.41) is 1.48. The lowest BCUT2D eigenvalue weighted by atomic mass is 10.0. The Bertz CT molecular complexity index is 1560. The standard InChI is InChI=1S/C25H22ClFN2O5S2/c1-35(31,32)24-5-3-2-4-20(24)18-8-11-23(21(27)16-18)29-14-12-22(25(29)30)28-36(33,34)15-13-17-6-9-19(26)10-7-17/h2-11,13,15-16,22,28H,12,14H2,1H3/b15-13+/t22-/m0/s1. The van der Waals surface area contributed by atoms with E-state index in [1.54, 1.807) is 42.5 Å². The Labute approximate surface area is 214 Å². The highest BCUT2D eigenvalue weighted by atomic mass is 35.5. The Morgan fingerprint density at radius 3 is 2.39 bits per heavy atom. The summed E-state index contributed by atoms with van der Waals surface area (Å²) in [4.78, 5) is 14.1. The van der Waals surface area contributed by atoms with E-state index in [0.717, 1.165) is 11.7 Å². The molecule has 1 atom stereocenters. The van der Waals surface area contributed by atoms with Crippen LogP contribution in [0.3, 0.4) is 0 Å². The number of carbonyl (C=O) groups excluding carboxylic acids is 1. The lowest BCUT2D eigenvalue weighted by Gasteiger charge is -2.19. The number of nitrogens with one attached hydrogen (secondary N) is 1. The quantitative estimate of drug-likeness (QED) is 0.476. The number of nitrogens with zero attached hydrogens (tertiary/aromatic N) is 1. The summed E-state index contributed by atoms with van der Waals surface area (Å²) < 4.78 is 66.6. The van der Waals surface area contributed by atoms with Crippen molar-refractivity contribution in [2.24, 2.45) is 0 Å². The number of hydrogen-bond donors (Lipinski definition) is 1. The molecule has 1 aliphatic rings. The van der Waals surface area contributed by atoms with E-state index in [-0.39, 0.29) is 23.5 Å². The molecule has 0 bridgehead atoms. The first kappa shape index (κ1) is 26.0. The van der Waals surface area contributed by atoms with Crippen LogP contribution in [0.2, 0.25) is 5.02 Å². The van der Waals surface area contributed by atoms with E-state index in [0.29, 0.717) is 21.7 Å². The molecular weight excluding hydrogens is 527 g/mol. The maximum absolute atomic E-state index is 15.1. The van der Waals surface area contributed by atoms with E-state index in [1.807, 2.05) is 0 Å². The van der Waals surface area contributed by atoms with Gasteiger partial charge in [0.05, 0.1) is 10.6 Å². The number of sulfone groups is 1. The zero-order valence-corrected chi connectivity index (χ0v) is 21.4. The number of amides is 1. The van der Waals surface area contributed by atoms with Gasteiger partial charge in [-0.1, -0.05) is 48.0 Å². The van der Waals surface area contributed by atoms with Crippen LogP contribution in [0.4, 0.5) is 10.1 Å². The second-order valence-corrected chi connectivity index (χ2v) is 12.3. The fraction of sp³-hybridized carbons (Fsp3) is 0.160. The van der Waals surface area contributed by atoms with Gasteiger partial charge in [0.25, 0.3) is 0 Å². The van der Waals surface area contributed by atoms with E-state index in [4.69, 9.17) is 11.6 Å². The van der Waals surface area contributed by atoms with Crippen LogP contribution in [0, 0.1) is 5.82 Å². The second-order valence-electron chi connectivity index (χ2n) is 8.28. The van der Waals surface area contributed by atoms with Crippen LogP contribution in [0.1, 0.15) is 12.0 Å². The number of anilines is 1. The molecule has 0 aromatic heterocycles. The third-order valence-electron chi connectivity index (χ3n) is 5.66. The van der Waals surface area contributed by atoms with Gasteiger partial charge in [-0.3, -0.25) is 4.79 Å². The second kappa shape index (κ2) is 10.1. The first-order valence-corrected chi connectivity index (χ1v) is 14.6. The highest BCUT2D eigenvalue weighted by Crippen LogP contribution is 2.32. The largest absolute Gasteiger partial charge is 0.308 e. The van der Waals surface area contributed by atoms with Gasteiger partial charge in [0, 0.05) is 28.8 Å². The lowest BCUT2D eigenvalue weighted by molar-refractivity contribution is -0.118. The van der Waals surface area contributed by atoms with Gasteiger partial charge in [0.1, 0.15) is 11.9 Å². The summed E-state index contributed by atoms with van der Waals surface area (Å²) in [5.74, 6) is -1.31. The third-order valence-corrected chi connectivity index (χ3v) is 8.17. The average Bonchev–Trinajstić information content (AvgIpc) is 3.17. The Balaban J connectivity index is 1.51. The van der Waals surface area contributed by atoms with Crippen LogP contribution in [0.15, 0.2) is 77.0 Å². The van der Waals surface area contributed by atoms with Gasteiger partial charge in [-0.2, -0.15) is 4.72 Å². The number of sulfonamides is 1. The molecule has 188 valence electrons. The van der Waals surface area contributed by atoms with Gasteiger partial charge in [0.2, 0.25) is 15.9 Å². The topological polar surface area (TPSA) is 101 Å². The Kier molecular flexibility index (Phi) is 7.33. The number of halogens is 2. The third kappa shape index (κ3) is 5.84. The fourth-order valence-corrected chi connectivity index (χ4v) is 6.00. The highest BCUT2D eigenvalue weighted by Gasteiger charge is 2.36. The van der Waals surface area contributed by atoms with Crippen molar-refractivity contribution in [2.45, 2.75) is 17.4 Å². The summed E-state index contributed by atoms with van der Waals surface area (Å²) >= 11 is 5.82. The lowest BCUT2D eigenvalue weighted by Crippen LogP contribution is -2.40. The molecule has 1 aliphatic heterocycles. The number of carbonyl (C=O) groups is 1. The molecule has 4 rings (SSSR count). The van der Waals surface area contributed by atoms with Crippen LogP contribution in [0.25, 0.3) is 17.2 Å². The molecule has 3 aromatic rings. The van der Waals surface area contributed by atoms with Crippen LogP contribution in [-0.2, 0) is 24.7 Å². The normalized spacial score (nSPS) is 16.7. The molecule has 1 heterocycles. The van der Waals surface area contributed by atoms with Gasteiger partial charge < -0.3 is 4.90 Å². The van der Waals surface area contributed by atoms with Crippen molar-refractivity contribution in [2.75, 3.05) is 17.7 Å². The molecule has 1 saturated heterocycles. The molecule has 0 spiro atoms. The molecule has 0 radical (unpaired) electrons. The summed E-state index contributed by atoms with van der Waals surface area (Å²) in [7, 11) is -7.49. The molecule has 36 heavy (non-hydrogen) atoms. The molecular formula is C25H22ClFN2O5S2. The molecule has 1 N–H and O–H groups in total. The smallest absolute Gasteiger partial charge is 0.245 e. The van der Waals surface area contributed by atoms with Gasteiger partial charge in [-0.05, 0) is 54.0 Å². The van der Waals surface area contributed by atoms with Crippen LogP contribution >= 0.6 is 11.6 Å². The van der Waals surface area contributed by atoms with Gasteiger partial charge in [-0.25, -0.2) is 21.2 Å². The molecule has 1 fully saturated rings. The Morgan fingerprint density at radius 1 is 1.03 bits per heavy atom. The SMILES string of the molecule is CS(=O)(=O)c1ccccc1-c1ccc(N2CC[C@H](NS(=O)(=O)/C=C/c3ccc(Cl)cc3)C2=O)c(F)c1. The van der Waals surface area contributed by atoms with Crippen molar-refractivity contribution in [1.29, 1.82) is 0 Å². The Hall–Kier alpha value is -3.05. The first-order chi connectivity index (χ1) is 16.9. The number of rotatable bonds is 7. The highest BCUT2D eigenvalue weighted by molar-refractivity contribution is 7.92. The van der Waals surface area contributed by atoms with E-state index >= 15 is 4.39 Å². The summed E-state index contributed by atoms with van der Waals surface area (Å²) in [6.07, 6.45) is 2.61. The van der Waals surface area contributed by atoms with Crippen LogP contribution in [0.5, 0.6) is 0 Å². The molecule has 0 aliphatic carbocycles. The maximum Gasteiger partial charge on any atom is 0.245 e. The predicted octanol–water partition coefficient (Wildman–Crippen LogP) is 4.25. The number of benzene rings is 3. The Morgan fingerprint density at radius 2 is 1.72 bits per heavy atom. The summed E-state index contributed by atoms with van der Waals surface area (Å²) in [6, 6.07) is 15.8. The van der Waals surface area contributed by atoms with Crippen molar-refractivity contribution < 1.29 is 26.0 Å². The molecule has 0 unspecified atom stereocenters. The van der Waals surface area contributed by atoms with Crippen LogP contribution in [-0.4, -0.2) is 41.6 Å². The predicted molar refractivity (Wildman–Crippen MR) is 138 cm³/mol. The van der Waals surface area contributed by atoms with Gasteiger partial charge >= 0.3 is 0 Å². The van der Waals surface area contributed by atoms with E-state index in [1.165, 1.54) is 35.2 Å². The fourth-order valence-electron chi connectivity index (χ4n) is 3.93. The number of hydrogen-bond acceptors (Lipinski definition) is 5. The van der Waals surface area contributed by atoms with E-state index < -0.39 is 37.6 Å². The zero-order valence-electron chi connectivity index (χ0n) is 19.1. The monoisotopic (exact) mass is 548 g/mol. The van der Waals surface area contributed by atoms with Crippen molar-refractivity contribution in [3.8, 4) is 11.1 Å². The minimum absolute atomic E-state index is 0.0148. The van der Waals surface area contributed by atoms with E-state index in [9.17, 15) is 21.6 Å². The van der Waals surface area contributed by atoms with Gasteiger partial charge in [-0.15, -0.1) is 0 Å². The zero-order chi connectivity index (χ0) is 26.1. The van der Waals surface area contributed by atoms with Crippen molar-refractivity contribution >= 4 is 49.1 Å². The van der Waals surface area contributed by atoms with Crippen molar-refractivity contribution in [3.63, 3.8) is 0 Å².